The van der Waals surface area contributed by atoms with E-state index in [0.29, 0.717) is 23.8 Å². The maximum atomic E-state index is 12.8. The third-order valence-electron chi connectivity index (χ3n) is 5.14. The van der Waals surface area contributed by atoms with Gasteiger partial charge in [0.2, 0.25) is 21.8 Å². The molecule has 8 heteroatoms. The van der Waals surface area contributed by atoms with Gasteiger partial charge in [-0.1, -0.05) is 32.0 Å². The smallest absolute Gasteiger partial charge is 0.229 e. The highest BCUT2D eigenvalue weighted by molar-refractivity contribution is 7.92. The molecular formula is C22H27N3O4S. The molecule has 0 spiro atoms. The number of hydrogen-bond acceptors (Lipinski definition) is 4. The first kappa shape index (κ1) is 21.8. The minimum atomic E-state index is -3.43. The van der Waals surface area contributed by atoms with Crippen molar-refractivity contribution in [2.24, 2.45) is 5.92 Å². The second kappa shape index (κ2) is 8.47. The summed E-state index contributed by atoms with van der Waals surface area (Å²) in [4.78, 5) is 27.0. The molecule has 1 atom stereocenters. The standard InChI is InChI=1S/C22H27N3O4S/c1-14(2)16-6-5-7-19(10-16)25-13-17(11-21(25)26)22(27)23-18-9-8-15(3)20(12-18)24-30(4,28)29/h5-10,12,14,17,24H,11,13H2,1-4H3,(H,23,27). The molecule has 1 aliphatic heterocycles. The molecular weight excluding hydrogens is 402 g/mol. The van der Waals surface area contributed by atoms with Crippen molar-refractivity contribution in [1.82, 2.24) is 0 Å². The number of amides is 2. The molecule has 2 amide bonds. The number of aryl methyl sites for hydroxylation is 1. The quantitative estimate of drug-likeness (QED) is 0.735. The van der Waals surface area contributed by atoms with Crippen LogP contribution < -0.4 is 14.9 Å². The molecule has 1 fully saturated rings. The predicted octanol–water partition coefficient (Wildman–Crippen LogP) is 3.48. The van der Waals surface area contributed by atoms with E-state index in [1.165, 1.54) is 0 Å². The van der Waals surface area contributed by atoms with Gasteiger partial charge in [-0.05, 0) is 48.2 Å². The highest BCUT2D eigenvalue weighted by atomic mass is 32.2. The topological polar surface area (TPSA) is 95.6 Å². The Balaban J connectivity index is 1.72. The first-order valence-corrected chi connectivity index (χ1v) is 11.7. The van der Waals surface area contributed by atoms with Gasteiger partial charge >= 0.3 is 0 Å². The molecule has 160 valence electrons. The molecule has 0 aromatic heterocycles. The van der Waals surface area contributed by atoms with E-state index in [1.54, 1.807) is 30.0 Å². The van der Waals surface area contributed by atoms with Crippen molar-refractivity contribution in [2.75, 3.05) is 27.7 Å². The molecule has 2 N–H and O–H groups in total. The Kier molecular flexibility index (Phi) is 6.17. The van der Waals surface area contributed by atoms with Crippen molar-refractivity contribution >= 4 is 38.9 Å². The average molecular weight is 430 g/mol. The Labute approximate surface area is 177 Å². The first-order valence-electron chi connectivity index (χ1n) is 9.83. The van der Waals surface area contributed by atoms with Gasteiger partial charge in [0.05, 0.1) is 17.9 Å². The Hall–Kier alpha value is -2.87. The van der Waals surface area contributed by atoms with Crippen LogP contribution in [0.25, 0.3) is 0 Å². The zero-order valence-electron chi connectivity index (χ0n) is 17.6. The summed E-state index contributed by atoms with van der Waals surface area (Å²) in [6.45, 7) is 6.27. The lowest BCUT2D eigenvalue weighted by atomic mass is 10.0. The summed E-state index contributed by atoms with van der Waals surface area (Å²) in [5.74, 6) is -0.481. The summed E-state index contributed by atoms with van der Waals surface area (Å²) < 4.78 is 25.5. The zero-order chi connectivity index (χ0) is 22.1. The maximum absolute atomic E-state index is 12.8. The van der Waals surface area contributed by atoms with Gasteiger partial charge in [-0.2, -0.15) is 0 Å². The lowest BCUT2D eigenvalue weighted by Crippen LogP contribution is -2.28. The van der Waals surface area contributed by atoms with Crippen molar-refractivity contribution in [3.63, 3.8) is 0 Å². The van der Waals surface area contributed by atoms with Crippen molar-refractivity contribution in [3.05, 3.63) is 53.6 Å². The number of benzene rings is 2. The molecule has 1 heterocycles. The minimum absolute atomic E-state index is 0.0839. The predicted molar refractivity (Wildman–Crippen MR) is 119 cm³/mol. The second-order valence-corrected chi connectivity index (χ2v) is 9.80. The van der Waals surface area contributed by atoms with Crippen LogP contribution in [0.2, 0.25) is 0 Å². The van der Waals surface area contributed by atoms with Gasteiger partial charge in [-0.25, -0.2) is 8.42 Å². The van der Waals surface area contributed by atoms with Gasteiger partial charge in [0.25, 0.3) is 0 Å². The van der Waals surface area contributed by atoms with Crippen LogP contribution in [0.5, 0.6) is 0 Å². The van der Waals surface area contributed by atoms with Crippen LogP contribution in [0.15, 0.2) is 42.5 Å². The summed E-state index contributed by atoms with van der Waals surface area (Å²) in [7, 11) is -3.43. The monoisotopic (exact) mass is 429 g/mol. The first-order chi connectivity index (χ1) is 14.0. The van der Waals surface area contributed by atoms with Crippen LogP contribution in [-0.4, -0.2) is 33.0 Å². The van der Waals surface area contributed by atoms with E-state index in [4.69, 9.17) is 0 Å². The summed E-state index contributed by atoms with van der Waals surface area (Å²) in [5, 5.41) is 2.81. The number of rotatable bonds is 6. The molecule has 0 saturated carbocycles. The van der Waals surface area contributed by atoms with Crippen LogP contribution in [0.4, 0.5) is 17.1 Å². The van der Waals surface area contributed by atoms with Gasteiger partial charge in [-0.3, -0.25) is 14.3 Å². The highest BCUT2D eigenvalue weighted by Gasteiger charge is 2.35. The molecule has 1 unspecified atom stereocenters. The third-order valence-corrected chi connectivity index (χ3v) is 5.74. The van der Waals surface area contributed by atoms with E-state index in [0.717, 1.165) is 23.1 Å². The molecule has 30 heavy (non-hydrogen) atoms. The van der Waals surface area contributed by atoms with Crippen molar-refractivity contribution in [3.8, 4) is 0 Å². The summed E-state index contributed by atoms with van der Waals surface area (Å²) in [6, 6.07) is 12.8. The lowest BCUT2D eigenvalue weighted by Gasteiger charge is -2.18. The van der Waals surface area contributed by atoms with Crippen LogP contribution >= 0.6 is 0 Å². The number of nitrogens with zero attached hydrogens (tertiary/aromatic N) is 1. The van der Waals surface area contributed by atoms with Crippen LogP contribution in [0.1, 0.15) is 37.3 Å². The molecule has 2 aromatic carbocycles. The summed E-state index contributed by atoms with van der Waals surface area (Å²) in [6.07, 6.45) is 1.21. The number of hydrogen-bond donors (Lipinski definition) is 2. The molecule has 7 nitrogen and oxygen atoms in total. The largest absolute Gasteiger partial charge is 0.326 e. The molecule has 3 rings (SSSR count). The maximum Gasteiger partial charge on any atom is 0.229 e. The number of carbonyl (C=O) groups excluding carboxylic acids is 2. The van der Waals surface area contributed by atoms with E-state index >= 15 is 0 Å². The van der Waals surface area contributed by atoms with E-state index in [1.807, 2.05) is 24.3 Å². The molecule has 0 radical (unpaired) electrons. The van der Waals surface area contributed by atoms with E-state index < -0.39 is 15.9 Å². The minimum Gasteiger partial charge on any atom is -0.326 e. The van der Waals surface area contributed by atoms with Crippen LogP contribution in [-0.2, 0) is 19.6 Å². The Morgan fingerprint density at radius 2 is 1.90 bits per heavy atom. The average Bonchev–Trinajstić information content (AvgIpc) is 3.05. The van der Waals surface area contributed by atoms with Gasteiger partial charge in [0.15, 0.2) is 0 Å². The lowest BCUT2D eigenvalue weighted by molar-refractivity contribution is -0.122. The Bertz CT molecular complexity index is 1080. The van der Waals surface area contributed by atoms with E-state index in [9.17, 15) is 18.0 Å². The van der Waals surface area contributed by atoms with E-state index in [-0.39, 0.29) is 18.2 Å². The Morgan fingerprint density at radius 3 is 2.57 bits per heavy atom. The molecule has 0 bridgehead atoms. The molecule has 1 saturated heterocycles. The van der Waals surface area contributed by atoms with Crippen molar-refractivity contribution in [2.45, 2.75) is 33.1 Å². The number of anilines is 3. The summed E-state index contributed by atoms with van der Waals surface area (Å²) >= 11 is 0. The fourth-order valence-electron chi connectivity index (χ4n) is 3.44. The van der Waals surface area contributed by atoms with Crippen molar-refractivity contribution < 1.29 is 18.0 Å². The summed E-state index contributed by atoms with van der Waals surface area (Å²) in [5.41, 5.74) is 3.57. The van der Waals surface area contributed by atoms with Gasteiger partial charge in [0.1, 0.15) is 0 Å². The molecule has 2 aromatic rings. The number of sulfonamides is 1. The van der Waals surface area contributed by atoms with Crippen LogP contribution in [0, 0.1) is 12.8 Å². The second-order valence-electron chi connectivity index (χ2n) is 8.05. The fraction of sp³-hybridized carbons (Fsp3) is 0.364. The third kappa shape index (κ3) is 5.18. The normalized spacial score (nSPS) is 16.8. The Morgan fingerprint density at radius 1 is 1.17 bits per heavy atom. The zero-order valence-corrected chi connectivity index (χ0v) is 18.4. The number of nitrogens with one attached hydrogen (secondary N) is 2. The SMILES string of the molecule is Cc1ccc(NC(=O)C2CC(=O)N(c3cccc(C(C)C)c3)C2)cc1NS(C)(=O)=O. The highest BCUT2D eigenvalue weighted by Crippen LogP contribution is 2.29. The number of carbonyl (C=O) groups is 2. The van der Waals surface area contributed by atoms with Gasteiger partial charge in [-0.15, -0.1) is 0 Å². The fourth-order valence-corrected chi connectivity index (χ4v) is 4.06. The molecule has 0 aliphatic carbocycles. The van der Waals surface area contributed by atoms with Gasteiger partial charge < -0.3 is 10.2 Å². The van der Waals surface area contributed by atoms with Crippen LogP contribution in [0.3, 0.4) is 0 Å². The van der Waals surface area contributed by atoms with Gasteiger partial charge in [0, 0.05) is 24.3 Å². The van der Waals surface area contributed by atoms with E-state index in [2.05, 4.69) is 23.9 Å². The van der Waals surface area contributed by atoms with Crippen molar-refractivity contribution in [1.29, 1.82) is 0 Å². The molecule has 1 aliphatic rings.